The van der Waals surface area contributed by atoms with Gasteiger partial charge in [-0.3, -0.25) is 4.98 Å². The second-order valence-corrected chi connectivity index (χ2v) is 3.21. The summed E-state index contributed by atoms with van der Waals surface area (Å²) in [4.78, 5) is 15.4. The molecule has 0 bridgehead atoms. The largest absolute Gasteiger partial charge is 0.463 e. The Kier molecular flexibility index (Phi) is 4.03. The number of hydrogen-bond donors (Lipinski definition) is 0. The van der Waals surface area contributed by atoms with Crippen LogP contribution in [0.25, 0.3) is 5.57 Å². The number of pyridine rings is 1. The normalized spacial score (nSPS) is 11.9. The standard InChI is InChI=1S/C12H15NO2/c1-4-15-12(14)10(3)9(2)11-5-7-13-8-6-11/h5-8H,4H2,1-3H3/b10-9-. The number of aromatic nitrogens is 1. The van der Waals surface area contributed by atoms with Crippen LogP contribution < -0.4 is 0 Å². The van der Waals surface area contributed by atoms with Crippen LogP contribution in [-0.2, 0) is 9.53 Å². The number of carbonyl (C=O) groups is 1. The first-order valence-corrected chi connectivity index (χ1v) is 4.91. The van der Waals surface area contributed by atoms with Gasteiger partial charge in [0.15, 0.2) is 0 Å². The van der Waals surface area contributed by atoms with Gasteiger partial charge >= 0.3 is 5.97 Å². The molecule has 0 fully saturated rings. The van der Waals surface area contributed by atoms with Crippen molar-refractivity contribution in [3.63, 3.8) is 0 Å². The zero-order valence-corrected chi connectivity index (χ0v) is 9.28. The molecule has 0 aliphatic heterocycles. The third-order valence-electron chi connectivity index (χ3n) is 2.26. The Morgan fingerprint density at radius 1 is 1.33 bits per heavy atom. The monoisotopic (exact) mass is 205 g/mol. The van der Waals surface area contributed by atoms with Crippen molar-refractivity contribution < 1.29 is 9.53 Å². The van der Waals surface area contributed by atoms with Gasteiger partial charge in [0, 0.05) is 18.0 Å². The van der Waals surface area contributed by atoms with Gasteiger partial charge in [0.05, 0.1) is 6.61 Å². The van der Waals surface area contributed by atoms with E-state index in [9.17, 15) is 4.79 Å². The molecule has 0 aromatic carbocycles. The summed E-state index contributed by atoms with van der Waals surface area (Å²) < 4.78 is 4.93. The quantitative estimate of drug-likeness (QED) is 0.562. The predicted octanol–water partition coefficient (Wildman–Crippen LogP) is 2.44. The van der Waals surface area contributed by atoms with Crippen LogP contribution in [0, 0.1) is 0 Å². The maximum absolute atomic E-state index is 11.5. The number of nitrogens with zero attached hydrogens (tertiary/aromatic N) is 1. The molecule has 0 aliphatic carbocycles. The van der Waals surface area contributed by atoms with E-state index in [0.29, 0.717) is 12.2 Å². The lowest BCUT2D eigenvalue weighted by Crippen LogP contribution is -2.06. The highest BCUT2D eigenvalue weighted by atomic mass is 16.5. The summed E-state index contributed by atoms with van der Waals surface area (Å²) in [6, 6.07) is 3.75. The number of rotatable bonds is 3. The molecule has 1 aromatic heterocycles. The minimum atomic E-state index is -0.258. The molecule has 3 nitrogen and oxygen atoms in total. The molecule has 1 heterocycles. The van der Waals surface area contributed by atoms with Crippen molar-refractivity contribution in [1.82, 2.24) is 4.98 Å². The van der Waals surface area contributed by atoms with Crippen LogP contribution in [0.15, 0.2) is 30.1 Å². The van der Waals surface area contributed by atoms with Gasteiger partial charge in [-0.15, -0.1) is 0 Å². The minimum Gasteiger partial charge on any atom is -0.463 e. The fourth-order valence-electron chi connectivity index (χ4n) is 1.21. The van der Waals surface area contributed by atoms with Gasteiger partial charge in [0.25, 0.3) is 0 Å². The van der Waals surface area contributed by atoms with Gasteiger partial charge < -0.3 is 4.74 Å². The summed E-state index contributed by atoms with van der Waals surface area (Å²) in [6.07, 6.45) is 3.41. The van der Waals surface area contributed by atoms with E-state index < -0.39 is 0 Å². The molecule has 0 aliphatic rings. The molecule has 3 heteroatoms. The third-order valence-corrected chi connectivity index (χ3v) is 2.26. The summed E-state index contributed by atoms with van der Waals surface area (Å²) in [5.74, 6) is -0.258. The van der Waals surface area contributed by atoms with Crippen molar-refractivity contribution in [3.8, 4) is 0 Å². The Hall–Kier alpha value is -1.64. The molecule has 0 unspecified atom stereocenters. The smallest absolute Gasteiger partial charge is 0.333 e. The molecule has 0 spiro atoms. The molecule has 15 heavy (non-hydrogen) atoms. The van der Waals surface area contributed by atoms with Gasteiger partial charge in [-0.05, 0) is 44.0 Å². The molecule has 0 N–H and O–H groups in total. The van der Waals surface area contributed by atoms with Crippen LogP contribution in [0.5, 0.6) is 0 Å². The Morgan fingerprint density at radius 3 is 2.47 bits per heavy atom. The Balaban J connectivity index is 2.95. The fourth-order valence-corrected chi connectivity index (χ4v) is 1.21. The van der Waals surface area contributed by atoms with Crippen molar-refractivity contribution in [2.24, 2.45) is 0 Å². The van der Waals surface area contributed by atoms with Crippen LogP contribution in [0.1, 0.15) is 26.3 Å². The highest BCUT2D eigenvalue weighted by Gasteiger charge is 2.09. The predicted molar refractivity (Wildman–Crippen MR) is 59.1 cm³/mol. The molecule has 80 valence electrons. The average Bonchev–Trinajstić information content (AvgIpc) is 2.28. The lowest BCUT2D eigenvalue weighted by atomic mass is 10.0. The molecule has 1 aromatic rings. The highest BCUT2D eigenvalue weighted by molar-refractivity contribution is 5.96. The fraction of sp³-hybridized carbons (Fsp3) is 0.333. The lowest BCUT2D eigenvalue weighted by Gasteiger charge is -2.06. The molecule has 1 rings (SSSR count). The second-order valence-electron chi connectivity index (χ2n) is 3.21. The van der Waals surface area contributed by atoms with Crippen LogP contribution in [0.3, 0.4) is 0 Å². The number of hydrogen-bond acceptors (Lipinski definition) is 3. The van der Waals surface area contributed by atoms with E-state index >= 15 is 0 Å². The van der Waals surface area contributed by atoms with Gasteiger partial charge in [0.1, 0.15) is 0 Å². The summed E-state index contributed by atoms with van der Waals surface area (Å²) in [5, 5.41) is 0. The number of esters is 1. The van der Waals surface area contributed by atoms with E-state index in [2.05, 4.69) is 4.98 Å². The van der Waals surface area contributed by atoms with E-state index in [4.69, 9.17) is 4.74 Å². The highest BCUT2D eigenvalue weighted by Crippen LogP contribution is 2.17. The summed E-state index contributed by atoms with van der Waals surface area (Å²) >= 11 is 0. The molecular formula is C12H15NO2. The zero-order chi connectivity index (χ0) is 11.3. The van der Waals surface area contributed by atoms with E-state index in [1.54, 1.807) is 26.2 Å². The Morgan fingerprint density at radius 2 is 1.93 bits per heavy atom. The van der Waals surface area contributed by atoms with E-state index in [-0.39, 0.29) is 5.97 Å². The summed E-state index contributed by atoms with van der Waals surface area (Å²) in [7, 11) is 0. The minimum absolute atomic E-state index is 0.258. The number of carbonyl (C=O) groups excluding carboxylic acids is 1. The number of ether oxygens (including phenoxy) is 1. The zero-order valence-electron chi connectivity index (χ0n) is 9.28. The average molecular weight is 205 g/mol. The lowest BCUT2D eigenvalue weighted by molar-refractivity contribution is -0.138. The van der Waals surface area contributed by atoms with E-state index in [1.165, 1.54) is 0 Å². The summed E-state index contributed by atoms with van der Waals surface area (Å²) in [5.41, 5.74) is 2.56. The topological polar surface area (TPSA) is 39.2 Å². The maximum Gasteiger partial charge on any atom is 0.333 e. The second kappa shape index (κ2) is 5.29. The van der Waals surface area contributed by atoms with Crippen molar-refractivity contribution in [3.05, 3.63) is 35.7 Å². The molecule has 0 radical (unpaired) electrons. The molecule has 0 atom stereocenters. The van der Waals surface area contributed by atoms with E-state index in [1.807, 2.05) is 19.1 Å². The molecular weight excluding hydrogens is 190 g/mol. The van der Waals surface area contributed by atoms with Crippen molar-refractivity contribution in [2.45, 2.75) is 20.8 Å². The molecule has 0 amide bonds. The summed E-state index contributed by atoms with van der Waals surface area (Å²) in [6.45, 7) is 5.88. The van der Waals surface area contributed by atoms with Crippen LogP contribution in [-0.4, -0.2) is 17.6 Å². The van der Waals surface area contributed by atoms with Crippen molar-refractivity contribution in [2.75, 3.05) is 6.61 Å². The van der Waals surface area contributed by atoms with Crippen LogP contribution in [0.2, 0.25) is 0 Å². The van der Waals surface area contributed by atoms with Gasteiger partial charge in [0.2, 0.25) is 0 Å². The maximum atomic E-state index is 11.5. The van der Waals surface area contributed by atoms with Crippen LogP contribution >= 0.6 is 0 Å². The van der Waals surface area contributed by atoms with Crippen molar-refractivity contribution >= 4 is 11.5 Å². The third kappa shape index (κ3) is 2.91. The van der Waals surface area contributed by atoms with Crippen LogP contribution in [0.4, 0.5) is 0 Å². The van der Waals surface area contributed by atoms with Gasteiger partial charge in [-0.25, -0.2) is 4.79 Å². The van der Waals surface area contributed by atoms with Crippen molar-refractivity contribution in [1.29, 1.82) is 0 Å². The first kappa shape index (κ1) is 11.4. The Labute approximate surface area is 89.8 Å². The Bertz CT molecular complexity index is 368. The van der Waals surface area contributed by atoms with Gasteiger partial charge in [-0.2, -0.15) is 0 Å². The SMILES string of the molecule is CCOC(=O)/C(C)=C(/C)c1ccncc1. The van der Waals surface area contributed by atoms with E-state index in [0.717, 1.165) is 11.1 Å². The number of allylic oxidation sites excluding steroid dienone is 1. The van der Waals surface area contributed by atoms with Gasteiger partial charge in [-0.1, -0.05) is 0 Å². The molecule has 0 saturated heterocycles. The first-order valence-electron chi connectivity index (χ1n) is 4.91. The first-order chi connectivity index (χ1) is 7.16. The molecule has 0 saturated carbocycles.